The number of nitrogen functional groups attached to an aromatic ring is 1. The average molecular weight is 749 g/mol. The molecule has 19 heteroatoms. The SMILES string of the molecule is CO/N=C(\C(=O)N[C@@H]1C(=O)N2C(C(=O)O)=C(C[n+]3ccc4ccn(Cc5ccc(C(N)=NC6CCCNC6)cc5F)c4c3)CS[C@H]12)c1nsc(N)n1. The number of pyridine rings is 1. The normalized spacial score (nSPS) is 20.8. The topological polar surface area (TPSA) is 219 Å². The highest BCUT2D eigenvalue weighted by molar-refractivity contribution is 8.00. The standard InChI is InChI=1S/C33H34FN11O5S2/c1-50-41-24(28-40-33(36)52-42-28)29(46)39-25-30(47)45-26(32(48)49)20(16-51-31(25)45)13-43-9-6-17-7-10-44(23(17)15-43)14-19-5-4-18(11-22(19)34)27(35)38-21-3-2-8-37-12-21/h4-7,9-11,15,21,25,31,37H,2-3,8,12-14,16H2,1H3,(H5-,35,36,38,39,40,42,46,48,49)/p+1/b41-24-/t21?,25-,31-/m1/s1. The molecule has 3 aromatic heterocycles. The molecule has 52 heavy (non-hydrogen) atoms. The second-order valence-electron chi connectivity index (χ2n) is 12.4. The number of anilines is 1. The number of amidine groups is 1. The van der Waals surface area contributed by atoms with Gasteiger partial charge < -0.3 is 36.6 Å². The first-order valence-corrected chi connectivity index (χ1v) is 18.2. The van der Waals surface area contributed by atoms with Crippen LogP contribution in [0.4, 0.5) is 9.52 Å². The van der Waals surface area contributed by atoms with Gasteiger partial charge in [-0.15, -0.1) is 11.8 Å². The summed E-state index contributed by atoms with van der Waals surface area (Å²) >= 11 is 2.20. The highest BCUT2D eigenvalue weighted by Crippen LogP contribution is 2.40. The van der Waals surface area contributed by atoms with Crippen molar-refractivity contribution in [3.8, 4) is 0 Å². The van der Waals surface area contributed by atoms with E-state index in [2.05, 4.69) is 30.1 Å². The minimum absolute atomic E-state index is 0.0586. The van der Waals surface area contributed by atoms with E-state index in [9.17, 15) is 19.5 Å². The number of carboxylic acid groups (broad SMARTS) is 1. The molecule has 3 atom stereocenters. The number of carbonyl (C=O) groups is 3. The molecule has 0 radical (unpaired) electrons. The van der Waals surface area contributed by atoms with Crippen molar-refractivity contribution < 1.29 is 33.3 Å². The van der Waals surface area contributed by atoms with Gasteiger partial charge in [0.15, 0.2) is 24.1 Å². The molecular formula is C33H35FN11O5S2+. The predicted octanol–water partition coefficient (Wildman–Crippen LogP) is 0.797. The first kappa shape index (κ1) is 35.0. The Morgan fingerprint density at radius 1 is 1.29 bits per heavy atom. The van der Waals surface area contributed by atoms with E-state index in [0.717, 1.165) is 48.4 Å². The number of nitrogens with one attached hydrogen (secondary N) is 2. The molecule has 4 aromatic rings. The van der Waals surface area contributed by atoms with Crippen molar-refractivity contribution in [1.82, 2.24) is 29.5 Å². The lowest BCUT2D eigenvalue weighted by atomic mass is 10.0. The maximum atomic E-state index is 15.4. The molecule has 3 aliphatic heterocycles. The summed E-state index contributed by atoms with van der Waals surface area (Å²) in [6, 6.07) is 7.79. The molecule has 2 fully saturated rings. The summed E-state index contributed by atoms with van der Waals surface area (Å²) in [5.41, 5.74) is 13.8. The Morgan fingerprint density at radius 3 is 2.85 bits per heavy atom. The summed E-state index contributed by atoms with van der Waals surface area (Å²) < 4.78 is 23.1. The third kappa shape index (κ3) is 6.93. The molecule has 0 spiro atoms. The average Bonchev–Trinajstić information content (AvgIpc) is 3.75. The quantitative estimate of drug-likeness (QED) is 0.0475. The highest BCUT2D eigenvalue weighted by atomic mass is 32.2. The van der Waals surface area contributed by atoms with Crippen LogP contribution in [0.1, 0.15) is 29.8 Å². The van der Waals surface area contributed by atoms with Crippen LogP contribution in [0.2, 0.25) is 0 Å². The number of carboxylic acids is 1. The van der Waals surface area contributed by atoms with Crippen LogP contribution in [-0.2, 0) is 32.3 Å². The number of oxime groups is 1. The van der Waals surface area contributed by atoms with Gasteiger partial charge in [0, 0.05) is 58.2 Å². The second-order valence-corrected chi connectivity index (χ2v) is 14.3. The molecule has 7 N–H and O–H groups in total. The van der Waals surface area contributed by atoms with Crippen LogP contribution in [0.25, 0.3) is 10.9 Å². The van der Waals surface area contributed by atoms with E-state index < -0.39 is 35.0 Å². The monoisotopic (exact) mass is 748 g/mol. The van der Waals surface area contributed by atoms with Crippen LogP contribution >= 0.6 is 23.3 Å². The molecule has 7 rings (SSSR count). The zero-order valence-corrected chi connectivity index (χ0v) is 29.5. The van der Waals surface area contributed by atoms with Crippen molar-refractivity contribution in [3.63, 3.8) is 0 Å². The molecule has 0 bridgehead atoms. The number of aromatic nitrogens is 4. The van der Waals surface area contributed by atoms with E-state index in [1.807, 2.05) is 39.9 Å². The van der Waals surface area contributed by atoms with E-state index in [-0.39, 0.29) is 41.5 Å². The molecule has 0 saturated carbocycles. The number of hydrogen-bond acceptors (Lipinski definition) is 12. The van der Waals surface area contributed by atoms with Gasteiger partial charge in [-0.25, -0.2) is 9.18 Å². The van der Waals surface area contributed by atoms with Crippen LogP contribution in [0.15, 0.2) is 70.3 Å². The minimum Gasteiger partial charge on any atom is -0.477 e. The van der Waals surface area contributed by atoms with Gasteiger partial charge in [-0.05, 0) is 31.5 Å². The molecule has 270 valence electrons. The van der Waals surface area contributed by atoms with Crippen molar-refractivity contribution in [1.29, 1.82) is 0 Å². The number of benzene rings is 1. The third-order valence-corrected chi connectivity index (χ3v) is 10.9. The Labute approximate surface area is 304 Å². The van der Waals surface area contributed by atoms with Crippen molar-refractivity contribution in [2.75, 3.05) is 31.7 Å². The number of halogens is 1. The molecule has 2 amide bonds. The number of nitrogens with zero attached hydrogens (tertiary/aromatic N) is 7. The summed E-state index contributed by atoms with van der Waals surface area (Å²) in [4.78, 5) is 53.4. The van der Waals surface area contributed by atoms with Crippen LogP contribution < -0.4 is 26.7 Å². The van der Waals surface area contributed by atoms with Crippen LogP contribution in [0, 0.1) is 5.82 Å². The summed E-state index contributed by atoms with van der Waals surface area (Å²) in [5, 5.41) is 20.2. The maximum absolute atomic E-state index is 15.4. The fourth-order valence-electron chi connectivity index (χ4n) is 6.48. The fraction of sp³-hybridized carbons (Fsp3) is 0.333. The summed E-state index contributed by atoms with van der Waals surface area (Å²) in [6.45, 7) is 2.15. The number of β-lactam (4-membered cyclic amide) rings is 1. The number of carbonyl (C=O) groups excluding carboxylic acids is 2. The van der Waals surface area contributed by atoms with Gasteiger partial charge in [-0.1, -0.05) is 17.3 Å². The van der Waals surface area contributed by atoms with Crippen molar-refractivity contribution in [3.05, 3.63) is 83.0 Å². The molecular weight excluding hydrogens is 714 g/mol. The lowest BCUT2D eigenvalue weighted by Crippen LogP contribution is -2.71. The van der Waals surface area contributed by atoms with Crippen LogP contribution in [0.3, 0.4) is 0 Å². The van der Waals surface area contributed by atoms with Gasteiger partial charge in [0.05, 0.1) is 12.6 Å². The largest absolute Gasteiger partial charge is 0.477 e. The van der Waals surface area contributed by atoms with E-state index in [4.69, 9.17) is 16.3 Å². The number of fused-ring (bicyclic) bond motifs is 2. The van der Waals surface area contributed by atoms with E-state index in [1.54, 1.807) is 12.1 Å². The Kier molecular flexibility index (Phi) is 9.89. The van der Waals surface area contributed by atoms with Gasteiger partial charge in [0.25, 0.3) is 11.8 Å². The van der Waals surface area contributed by atoms with Crippen molar-refractivity contribution in [2.45, 2.75) is 43.4 Å². The summed E-state index contributed by atoms with van der Waals surface area (Å²) in [5.74, 6) is -2.45. The highest BCUT2D eigenvalue weighted by Gasteiger charge is 2.55. The predicted molar refractivity (Wildman–Crippen MR) is 192 cm³/mol. The van der Waals surface area contributed by atoms with Crippen molar-refractivity contribution >= 4 is 68.7 Å². The Hall–Kier alpha value is -5.40. The van der Waals surface area contributed by atoms with Gasteiger partial charge in [0.2, 0.25) is 11.5 Å². The third-order valence-electron chi connectivity index (χ3n) is 9.02. The molecule has 3 aliphatic rings. The Balaban J connectivity index is 1.06. The molecule has 1 unspecified atom stereocenters. The molecule has 6 heterocycles. The number of rotatable bonds is 11. The molecule has 1 aromatic carbocycles. The molecule has 2 saturated heterocycles. The number of aliphatic carboxylic acids is 1. The Bertz CT molecular complexity index is 2160. The lowest BCUT2D eigenvalue weighted by Gasteiger charge is -2.49. The van der Waals surface area contributed by atoms with Crippen LogP contribution in [0.5, 0.6) is 0 Å². The smallest absolute Gasteiger partial charge is 0.352 e. The van der Waals surface area contributed by atoms with Crippen molar-refractivity contribution in [2.24, 2.45) is 15.9 Å². The summed E-state index contributed by atoms with van der Waals surface area (Å²) in [7, 11) is 1.25. The zero-order valence-electron chi connectivity index (χ0n) is 27.9. The lowest BCUT2D eigenvalue weighted by molar-refractivity contribution is -0.687. The number of hydrogen-bond donors (Lipinski definition) is 5. The van der Waals surface area contributed by atoms with Gasteiger partial charge in [0.1, 0.15) is 41.4 Å². The number of amides is 2. The maximum Gasteiger partial charge on any atom is 0.352 e. The van der Waals surface area contributed by atoms with Gasteiger partial charge >= 0.3 is 5.97 Å². The van der Waals surface area contributed by atoms with Gasteiger partial charge in [-0.3, -0.25) is 19.5 Å². The van der Waals surface area contributed by atoms with E-state index >= 15 is 4.39 Å². The molecule has 16 nitrogen and oxygen atoms in total. The number of thioether (sulfide) groups is 1. The second kappa shape index (κ2) is 14.7. The first-order valence-electron chi connectivity index (χ1n) is 16.3. The minimum atomic E-state index is -1.26. The van der Waals surface area contributed by atoms with Gasteiger partial charge in [-0.2, -0.15) is 13.9 Å². The Morgan fingerprint density at radius 2 is 2.13 bits per heavy atom. The first-order chi connectivity index (χ1) is 25.1. The fourth-order valence-corrected chi connectivity index (χ4v) is 8.25. The number of aliphatic imine (C=N–C) groups is 1. The zero-order chi connectivity index (χ0) is 36.5. The van der Waals surface area contributed by atoms with E-state index in [1.165, 1.54) is 29.8 Å². The molecule has 0 aliphatic carbocycles. The number of nitrogens with two attached hydrogens (primary N) is 2. The van der Waals surface area contributed by atoms with Crippen LogP contribution in [-0.4, -0.2) is 96.7 Å². The van der Waals surface area contributed by atoms with E-state index in [0.29, 0.717) is 28.3 Å². The number of piperidine rings is 1. The summed E-state index contributed by atoms with van der Waals surface area (Å²) in [6.07, 6.45) is 7.52.